The lowest BCUT2D eigenvalue weighted by molar-refractivity contribution is 0.206. The van der Waals surface area contributed by atoms with Crippen LogP contribution in [0.5, 0.6) is 0 Å². The highest BCUT2D eigenvalue weighted by Crippen LogP contribution is 2.12. The molecule has 1 rings (SSSR count). The topological polar surface area (TPSA) is 64.6 Å². The molecular weight excluding hydrogens is 297 g/mol. The maximum atomic E-state index is 13.7. The van der Waals surface area contributed by atoms with Crippen molar-refractivity contribution in [2.24, 2.45) is 5.92 Å². The standard InChI is InChI=1S/C17H28FN3O2/c1-12(2)7-15(11-22)20-17(23)19-9-13-5-6-16(18)14(8-13)10-21(3)4/h5-6,8,12,15,22H,7,9-11H2,1-4H3,(H2,19,20,23). The Hall–Kier alpha value is -1.66. The molecule has 0 radical (unpaired) electrons. The number of hydrogen-bond donors (Lipinski definition) is 3. The zero-order valence-electron chi connectivity index (χ0n) is 14.4. The van der Waals surface area contributed by atoms with Crippen LogP contribution in [0.2, 0.25) is 0 Å². The van der Waals surface area contributed by atoms with E-state index < -0.39 is 0 Å². The zero-order chi connectivity index (χ0) is 17.4. The Balaban J connectivity index is 2.55. The molecule has 0 saturated carbocycles. The summed E-state index contributed by atoms with van der Waals surface area (Å²) >= 11 is 0. The van der Waals surface area contributed by atoms with Gasteiger partial charge in [0.15, 0.2) is 0 Å². The summed E-state index contributed by atoms with van der Waals surface area (Å²) in [5, 5.41) is 14.8. The largest absolute Gasteiger partial charge is 0.394 e. The maximum Gasteiger partial charge on any atom is 0.315 e. The van der Waals surface area contributed by atoms with Crippen LogP contribution in [0.1, 0.15) is 31.4 Å². The summed E-state index contributed by atoms with van der Waals surface area (Å²) in [6.07, 6.45) is 0.716. The molecule has 0 spiro atoms. The van der Waals surface area contributed by atoms with E-state index in [-0.39, 0.29) is 24.5 Å². The van der Waals surface area contributed by atoms with Gasteiger partial charge in [0, 0.05) is 18.7 Å². The Kier molecular flexibility index (Phi) is 7.98. The summed E-state index contributed by atoms with van der Waals surface area (Å²) < 4.78 is 13.7. The van der Waals surface area contributed by atoms with E-state index in [9.17, 15) is 14.3 Å². The number of halogens is 1. The van der Waals surface area contributed by atoms with Gasteiger partial charge in [-0.15, -0.1) is 0 Å². The van der Waals surface area contributed by atoms with Gasteiger partial charge in [-0.05, 0) is 44.1 Å². The first-order valence-electron chi connectivity index (χ1n) is 7.89. The van der Waals surface area contributed by atoms with E-state index in [2.05, 4.69) is 10.6 Å². The van der Waals surface area contributed by atoms with Crippen LogP contribution in [0.3, 0.4) is 0 Å². The molecule has 1 atom stereocenters. The van der Waals surface area contributed by atoms with Crippen molar-refractivity contribution in [1.82, 2.24) is 15.5 Å². The van der Waals surface area contributed by atoms with Gasteiger partial charge in [-0.3, -0.25) is 0 Å². The van der Waals surface area contributed by atoms with Gasteiger partial charge in [-0.2, -0.15) is 0 Å². The van der Waals surface area contributed by atoms with E-state index >= 15 is 0 Å². The summed E-state index contributed by atoms with van der Waals surface area (Å²) in [7, 11) is 3.75. The fourth-order valence-corrected chi connectivity index (χ4v) is 2.37. The number of aliphatic hydroxyl groups is 1. The van der Waals surface area contributed by atoms with Gasteiger partial charge in [0.05, 0.1) is 12.6 Å². The quantitative estimate of drug-likeness (QED) is 0.686. The Labute approximate surface area is 137 Å². The number of nitrogens with zero attached hydrogens (tertiary/aromatic N) is 1. The predicted octanol–water partition coefficient (Wildman–Crippen LogP) is 2.09. The smallest absolute Gasteiger partial charge is 0.315 e. The summed E-state index contributed by atoms with van der Waals surface area (Å²) in [6.45, 7) is 4.80. The normalized spacial score (nSPS) is 12.5. The highest BCUT2D eigenvalue weighted by molar-refractivity contribution is 5.74. The third-order valence-electron chi connectivity index (χ3n) is 3.36. The molecular formula is C17H28FN3O2. The number of carbonyl (C=O) groups is 1. The van der Waals surface area contributed by atoms with Crippen molar-refractivity contribution in [2.75, 3.05) is 20.7 Å². The molecule has 1 aromatic rings. The van der Waals surface area contributed by atoms with Gasteiger partial charge in [-0.1, -0.05) is 19.9 Å². The summed E-state index contributed by atoms with van der Waals surface area (Å²) in [6, 6.07) is 4.25. The van der Waals surface area contributed by atoms with Crippen molar-refractivity contribution < 1.29 is 14.3 Å². The fourth-order valence-electron chi connectivity index (χ4n) is 2.37. The number of urea groups is 1. The van der Waals surface area contributed by atoms with E-state index in [1.54, 1.807) is 12.1 Å². The highest BCUT2D eigenvalue weighted by atomic mass is 19.1. The molecule has 0 fully saturated rings. The molecule has 0 aliphatic rings. The van der Waals surface area contributed by atoms with Gasteiger partial charge in [-0.25, -0.2) is 9.18 Å². The Morgan fingerprint density at radius 2 is 2.04 bits per heavy atom. The maximum absolute atomic E-state index is 13.7. The lowest BCUT2D eigenvalue weighted by atomic mass is 10.0. The minimum absolute atomic E-state index is 0.0882. The van der Waals surface area contributed by atoms with Crippen LogP contribution in [0.4, 0.5) is 9.18 Å². The molecule has 0 heterocycles. The van der Waals surface area contributed by atoms with Crippen molar-refractivity contribution in [2.45, 2.75) is 39.4 Å². The first-order valence-corrected chi connectivity index (χ1v) is 7.89. The van der Waals surface area contributed by atoms with Crippen LogP contribution in [0, 0.1) is 11.7 Å². The van der Waals surface area contributed by atoms with E-state index in [1.165, 1.54) is 6.07 Å². The van der Waals surface area contributed by atoms with Gasteiger partial charge in [0.25, 0.3) is 0 Å². The Morgan fingerprint density at radius 3 is 2.61 bits per heavy atom. The van der Waals surface area contributed by atoms with Crippen molar-refractivity contribution in [3.05, 3.63) is 35.1 Å². The van der Waals surface area contributed by atoms with Gasteiger partial charge < -0.3 is 20.6 Å². The highest BCUT2D eigenvalue weighted by Gasteiger charge is 2.13. The molecule has 0 bridgehead atoms. The predicted molar refractivity (Wildman–Crippen MR) is 89.5 cm³/mol. The molecule has 0 aromatic heterocycles. The van der Waals surface area contributed by atoms with Crippen molar-refractivity contribution >= 4 is 6.03 Å². The number of carbonyl (C=O) groups excluding carboxylic acids is 1. The lowest BCUT2D eigenvalue weighted by Gasteiger charge is -2.18. The number of rotatable bonds is 8. The van der Waals surface area contributed by atoms with Gasteiger partial charge >= 0.3 is 6.03 Å². The van der Waals surface area contributed by atoms with Crippen LogP contribution in [-0.4, -0.2) is 42.8 Å². The minimum Gasteiger partial charge on any atom is -0.394 e. The molecule has 1 unspecified atom stereocenters. The van der Waals surface area contributed by atoms with Crippen molar-refractivity contribution in [1.29, 1.82) is 0 Å². The number of benzene rings is 1. The van der Waals surface area contributed by atoms with Crippen LogP contribution < -0.4 is 10.6 Å². The summed E-state index contributed by atoms with van der Waals surface area (Å²) in [5.41, 5.74) is 1.44. The molecule has 5 nitrogen and oxygen atoms in total. The third-order valence-corrected chi connectivity index (χ3v) is 3.36. The molecule has 0 aliphatic heterocycles. The number of aliphatic hydroxyl groups excluding tert-OH is 1. The van der Waals surface area contributed by atoms with E-state index in [1.807, 2.05) is 32.8 Å². The van der Waals surface area contributed by atoms with Crippen LogP contribution in [0.15, 0.2) is 18.2 Å². The fraction of sp³-hybridized carbons (Fsp3) is 0.588. The molecule has 2 amide bonds. The first-order chi connectivity index (χ1) is 10.8. The second-order valence-corrected chi connectivity index (χ2v) is 6.50. The Bertz CT molecular complexity index is 507. The zero-order valence-corrected chi connectivity index (χ0v) is 14.4. The number of hydrogen-bond acceptors (Lipinski definition) is 3. The second-order valence-electron chi connectivity index (χ2n) is 6.50. The SMILES string of the molecule is CC(C)CC(CO)NC(=O)NCc1ccc(F)c(CN(C)C)c1. The van der Waals surface area contributed by atoms with Crippen LogP contribution in [0.25, 0.3) is 0 Å². The molecule has 23 heavy (non-hydrogen) atoms. The molecule has 3 N–H and O–H groups in total. The summed E-state index contributed by atoms with van der Waals surface area (Å²) in [4.78, 5) is 13.8. The van der Waals surface area contributed by atoms with Crippen LogP contribution >= 0.6 is 0 Å². The van der Waals surface area contributed by atoms with Crippen molar-refractivity contribution in [3.63, 3.8) is 0 Å². The number of amides is 2. The van der Waals surface area contributed by atoms with Gasteiger partial charge in [0.1, 0.15) is 5.82 Å². The second kappa shape index (κ2) is 9.47. The van der Waals surface area contributed by atoms with Gasteiger partial charge in [0.2, 0.25) is 0 Å². The Morgan fingerprint density at radius 1 is 1.35 bits per heavy atom. The number of nitrogens with one attached hydrogen (secondary N) is 2. The summed E-state index contributed by atoms with van der Waals surface area (Å²) in [5.74, 6) is 0.141. The average molecular weight is 325 g/mol. The average Bonchev–Trinajstić information content (AvgIpc) is 2.46. The van der Waals surface area contributed by atoms with E-state index in [0.29, 0.717) is 31.0 Å². The lowest BCUT2D eigenvalue weighted by Crippen LogP contribution is -2.44. The van der Waals surface area contributed by atoms with Crippen molar-refractivity contribution in [3.8, 4) is 0 Å². The molecule has 0 saturated heterocycles. The first kappa shape index (κ1) is 19.4. The molecule has 6 heteroatoms. The third kappa shape index (κ3) is 7.43. The molecule has 130 valence electrons. The molecule has 0 aliphatic carbocycles. The minimum atomic E-state index is -0.330. The van der Waals surface area contributed by atoms with E-state index in [4.69, 9.17) is 0 Å². The van der Waals surface area contributed by atoms with E-state index in [0.717, 1.165) is 5.56 Å². The van der Waals surface area contributed by atoms with Crippen LogP contribution in [-0.2, 0) is 13.1 Å². The molecule has 1 aromatic carbocycles. The monoisotopic (exact) mass is 325 g/mol.